The molecule has 2 N–H and O–H groups in total. The van der Waals surface area contributed by atoms with Gasteiger partial charge in [-0.25, -0.2) is 8.42 Å². The Morgan fingerprint density at radius 3 is 1.97 bits per heavy atom. The third-order valence-corrected chi connectivity index (χ3v) is 7.46. The summed E-state index contributed by atoms with van der Waals surface area (Å²) in [5.41, 5.74) is 0.772. The average molecular weight is 458 g/mol. The van der Waals surface area contributed by atoms with E-state index in [2.05, 4.69) is 17.0 Å². The molecule has 1 radical (unpaired) electrons. The predicted octanol–water partition coefficient (Wildman–Crippen LogP) is 6.61. The number of alkyl halides is 1. The number of rotatable bonds is 19. The maximum atomic E-state index is 13.0. The molecule has 0 aliphatic rings. The second kappa shape index (κ2) is 16.4. The highest BCUT2D eigenvalue weighted by Gasteiger charge is 2.25. The Kier molecular flexibility index (Phi) is 14.7. The standard InChI is InChI=1S/C23H38ClN2O3S/c1-2-3-4-5-6-7-8-9-10-15-21(16-13-14-19-24)30(28,29)26-23-18-12-11-17-22(23)25-20-27/h11-12,17-18,21,26H,2-10,13-16,19H2,1H3,(H,25,27). The molecule has 0 saturated carbocycles. The molecule has 171 valence electrons. The number of para-hydroxylation sites is 2. The molecule has 1 atom stereocenters. The molecule has 0 heterocycles. The van der Waals surface area contributed by atoms with E-state index < -0.39 is 15.3 Å². The molecule has 1 aromatic rings. The quantitative estimate of drug-likeness (QED) is 0.139. The van der Waals surface area contributed by atoms with Gasteiger partial charge in [-0.1, -0.05) is 83.3 Å². The summed E-state index contributed by atoms with van der Waals surface area (Å²) in [6, 6.07) is 6.76. The highest BCUT2D eigenvalue weighted by molar-refractivity contribution is 7.93. The van der Waals surface area contributed by atoms with Crippen LogP contribution in [0.15, 0.2) is 24.3 Å². The summed E-state index contributed by atoms with van der Waals surface area (Å²) in [6.45, 7) is 2.22. The lowest BCUT2D eigenvalue weighted by Gasteiger charge is -2.20. The summed E-state index contributed by atoms with van der Waals surface area (Å²) >= 11 is 5.78. The number of anilines is 2. The third-order valence-electron chi connectivity index (χ3n) is 5.34. The fraction of sp³-hybridized carbons (Fsp3) is 0.696. The van der Waals surface area contributed by atoms with Gasteiger partial charge in [-0.2, -0.15) is 0 Å². The molecule has 30 heavy (non-hydrogen) atoms. The summed E-state index contributed by atoms with van der Waals surface area (Å²) in [5, 5.41) is 1.96. The van der Waals surface area contributed by atoms with E-state index >= 15 is 0 Å². The van der Waals surface area contributed by atoms with Gasteiger partial charge in [-0.15, -0.1) is 11.6 Å². The van der Waals surface area contributed by atoms with Gasteiger partial charge in [-0.05, 0) is 31.4 Å². The van der Waals surface area contributed by atoms with Crippen LogP contribution in [0.4, 0.5) is 11.4 Å². The zero-order chi connectivity index (χ0) is 22.1. The molecule has 0 fully saturated rings. The van der Waals surface area contributed by atoms with Gasteiger partial charge < -0.3 is 5.32 Å². The molecule has 1 unspecified atom stereocenters. The molecular weight excluding hydrogens is 420 g/mol. The first kappa shape index (κ1) is 26.8. The molecule has 1 amide bonds. The second-order valence-corrected chi connectivity index (χ2v) is 10.2. The van der Waals surface area contributed by atoms with Crippen molar-refractivity contribution in [3.63, 3.8) is 0 Å². The van der Waals surface area contributed by atoms with E-state index in [4.69, 9.17) is 11.6 Å². The number of hydrogen-bond donors (Lipinski definition) is 2. The van der Waals surface area contributed by atoms with Crippen LogP contribution in [-0.2, 0) is 14.8 Å². The van der Waals surface area contributed by atoms with E-state index in [9.17, 15) is 13.2 Å². The first-order valence-electron chi connectivity index (χ1n) is 11.3. The van der Waals surface area contributed by atoms with Crippen molar-refractivity contribution in [2.24, 2.45) is 0 Å². The molecule has 1 rings (SSSR count). The van der Waals surface area contributed by atoms with E-state index in [0.717, 1.165) is 32.1 Å². The van der Waals surface area contributed by atoms with E-state index in [0.29, 0.717) is 30.1 Å². The summed E-state index contributed by atoms with van der Waals surface area (Å²) < 4.78 is 28.8. The van der Waals surface area contributed by atoms with Crippen LogP contribution in [0.2, 0.25) is 0 Å². The maximum absolute atomic E-state index is 13.0. The van der Waals surface area contributed by atoms with Gasteiger partial charge in [0.05, 0.1) is 16.6 Å². The minimum absolute atomic E-state index is 0.371. The van der Waals surface area contributed by atoms with Crippen molar-refractivity contribution in [2.45, 2.75) is 95.6 Å². The number of nitrogens with one attached hydrogen (secondary N) is 2. The van der Waals surface area contributed by atoms with Crippen molar-refractivity contribution in [2.75, 3.05) is 15.9 Å². The summed E-state index contributed by atoms with van der Waals surface area (Å²) in [7, 11) is -3.57. The van der Waals surface area contributed by atoms with Crippen LogP contribution in [-0.4, -0.2) is 26.0 Å². The Hall–Kier alpha value is -1.27. The average Bonchev–Trinajstić information content (AvgIpc) is 2.72. The first-order chi connectivity index (χ1) is 14.5. The molecule has 0 aliphatic carbocycles. The van der Waals surface area contributed by atoms with Crippen molar-refractivity contribution in [1.82, 2.24) is 0 Å². The SMILES string of the molecule is CCCCCCCCCCCC(CCCCCl)S(=O)(=O)Nc1ccccc1N[C]=O. The van der Waals surface area contributed by atoms with Crippen LogP contribution in [0.25, 0.3) is 0 Å². The number of carbonyl (C=O) groups excluding carboxylic acids is 1. The largest absolute Gasteiger partial charge is 0.316 e. The highest BCUT2D eigenvalue weighted by Crippen LogP contribution is 2.26. The molecule has 0 spiro atoms. The molecular formula is C23H38ClN2O3S. The van der Waals surface area contributed by atoms with Gasteiger partial charge in [0.1, 0.15) is 0 Å². The van der Waals surface area contributed by atoms with Crippen LogP contribution >= 0.6 is 11.6 Å². The molecule has 7 heteroatoms. The molecule has 0 bridgehead atoms. The fourth-order valence-corrected chi connectivity index (χ4v) is 5.37. The van der Waals surface area contributed by atoms with E-state index in [1.807, 2.05) is 0 Å². The minimum atomic E-state index is -3.57. The molecule has 1 aromatic carbocycles. The van der Waals surface area contributed by atoms with E-state index in [-0.39, 0.29) is 0 Å². The number of unbranched alkanes of at least 4 members (excludes halogenated alkanes) is 9. The molecule has 5 nitrogen and oxygen atoms in total. The number of hydrogen-bond acceptors (Lipinski definition) is 3. The Bertz CT molecular complexity index is 683. The molecule has 0 aliphatic heterocycles. The van der Waals surface area contributed by atoms with Gasteiger partial charge in [0, 0.05) is 5.88 Å². The van der Waals surface area contributed by atoms with Gasteiger partial charge in [0.15, 0.2) is 0 Å². The number of sulfonamides is 1. The van der Waals surface area contributed by atoms with Crippen LogP contribution in [0.5, 0.6) is 0 Å². The lowest BCUT2D eigenvalue weighted by atomic mass is 10.0. The number of halogens is 1. The van der Waals surface area contributed by atoms with Gasteiger partial charge >= 0.3 is 6.41 Å². The number of benzene rings is 1. The predicted molar refractivity (Wildman–Crippen MR) is 129 cm³/mol. The van der Waals surface area contributed by atoms with Crippen LogP contribution < -0.4 is 10.0 Å². The maximum Gasteiger partial charge on any atom is 0.314 e. The third kappa shape index (κ3) is 11.2. The zero-order valence-electron chi connectivity index (χ0n) is 18.3. The highest BCUT2D eigenvalue weighted by atomic mass is 35.5. The van der Waals surface area contributed by atoms with Crippen molar-refractivity contribution in [1.29, 1.82) is 0 Å². The lowest BCUT2D eigenvalue weighted by molar-refractivity contribution is 0.521. The normalized spacial score (nSPS) is 12.5. The van der Waals surface area contributed by atoms with Crippen molar-refractivity contribution < 1.29 is 13.2 Å². The summed E-state index contributed by atoms with van der Waals surface area (Å²) in [5.74, 6) is 0.542. The number of amides is 1. The summed E-state index contributed by atoms with van der Waals surface area (Å²) in [6.07, 6.45) is 15.3. The van der Waals surface area contributed by atoms with Crippen LogP contribution in [0.3, 0.4) is 0 Å². The summed E-state index contributed by atoms with van der Waals surface area (Å²) in [4.78, 5) is 10.7. The van der Waals surface area contributed by atoms with Gasteiger partial charge in [-0.3, -0.25) is 9.52 Å². The Morgan fingerprint density at radius 2 is 1.40 bits per heavy atom. The van der Waals surface area contributed by atoms with Gasteiger partial charge in [0.2, 0.25) is 10.0 Å². The van der Waals surface area contributed by atoms with E-state index in [1.165, 1.54) is 38.5 Å². The minimum Gasteiger partial charge on any atom is -0.316 e. The fourth-order valence-electron chi connectivity index (χ4n) is 3.58. The van der Waals surface area contributed by atoms with Crippen LogP contribution in [0.1, 0.15) is 90.4 Å². The molecule has 0 saturated heterocycles. The monoisotopic (exact) mass is 457 g/mol. The second-order valence-electron chi connectivity index (χ2n) is 7.84. The van der Waals surface area contributed by atoms with Crippen molar-refractivity contribution >= 4 is 39.4 Å². The topological polar surface area (TPSA) is 75.3 Å². The van der Waals surface area contributed by atoms with Crippen molar-refractivity contribution in [3.8, 4) is 0 Å². The smallest absolute Gasteiger partial charge is 0.314 e. The Morgan fingerprint density at radius 1 is 0.867 bits per heavy atom. The van der Waals surface area contributed by atoms with Crippen molar-refractivity contribution in [3.05, 3.63) is 24.3 Å². The van der Waals surface area contributed by atoms with E-state index in [1.54, 1.807) is 30.7 Å². The molecule has 0 aromatic heterocycles. The van der Waals surface area contributed by atoms with Gasteiger partial charge in [0.25, 0.3) is 0 Å². The van der Waals surface area contributed by atoms with Crippen LogP contribution in [0, 0.1) is 0 Å². The lowest BCUT2D eigenvalue weighted by Crippen LogP contribution is -2.28. The Labute approximate surface area is 188 Å². The Balaban J connectivity index is 2.57. The zero-order valence-corrected chi connectivity index (χ0v) is 19.9. The first-order valence-corrected chi connectivity index (χ1v) is 13.4.